The van der Waals surface area contributed by atoms with E-state index in [9.17, 15) is 9.59 Å². The van der Waals surface area contributed by atoms with E-state index in [0.29, 0.717) is 41.1 Å². The van der Waals surface area contributed by atoms with Crippen LogP contribution in [0.2, 0.25) is 10.0 Å². The number of likely N-dealkylation sites (N-methyl/N-ethyl adjacent to an activating group) is 1. The van der Waals surface area contributed by atoms with Crippen molar-refractivity contribution in [3.8, 4) is 0 Å². The minimum atomic E-state index is -0.633. The maximum atomic E-state index is 14.2. The molecule has 7 nitrogen and oxygen atoms in total. The highest BCUT2D eigenvalue weighted by atomic mass is 35.5. The van der Waals surface area contributed by atoms with E-state index in [-0.39, 0.29) is 23.8 Å². The smallest absolute Gasteiger partial charge is 0.263 e. The number of hydrogen-bond acceptors (Lipinski definition) is 6. The number of allylic oxidation sites excluding steroid dienone is 1. The van der Waals surface area contributed by atoms with Crippen LogP contribution < -0.4 is 0 Å². The largest absolute Gasteiger partial charge is 0.383 e. The molecule has 10 heteroatoms. The van der Waals surface area contributed by atoms with Gasteiger partial charge in [0.25, 0.3) is 5.91 Å². The zero-order valence-corrected chi connectivity index (χ0v) is 26.4. The summed E-state index contributed by atoms with van der Waals surface area (Å²) >= 11 is 13.9. The number of hydrogen-bond donors (Lipinski definition) is 0. The number of amidine groups is 1. The Balaban J connectivity index is 1.54. The van der Waals surface area contributed by atoms with E-state index in [1.54, 1.807) is 24.0 Å². The van der Waals surface area contributed by atoms with Crippen LogP contribution >= 0.6 is 35.0 Å². The number of aliphatic imine (C=N–C) groups is 1. The van der Waals surface area contributed by atoms with E-state index in [2.05, 4.69) is 25.7 Å². The third-order valence-corrected chi connectivity index (χ3v) is 9.73. The number of carbonyl (C=O) groups excluding carboxylic acids is 2. The van der Waals surface area contributed by atoms with Crippen LogP contribution in [-0.2, 0) is 19.9 Å². The van der Waals surface area contributed by atoms with Crippen molar-refractivity contribution in [1.82, 2.24) is 14.7 Å². The van der Waals surface area contributed by atoms with E-state index < -0.39 is 11.6 Å². The minimum absolute atomic E-state index is 0.0395. The fourth-order valence-corrected chi connectivity index (χ4v) is 7.67. The van der Waals surface area contributed by atoms with E-state index in [4.69, 9.17) is 32.9 Å². The number of thioether (sulfide) groups is 1. The summed E-state index contributed by atoms with van der Waals surface area (Å²) in [5, 5.41) is 2.11. The zero-order chi connectivity index (χ0) is 29.5. The van der Waals surface area contributed by atoms with Crippen molar-refractivity contribution >= 4 is 51.9 Å². The fourth-order valence-electron chi connectivity index (χ4n) is 6.05. The number of carbonyl (C=O) groups is 2. The molecule has 0 N–H and O–H groups in total. The number of nitrogens with zero attached hydrogens (tertiary/aromatic N) is 4. The van der Waals surface area contributed by atoms with Gasteiger partial charge in [0.2, 0.25) is 5.91 Å². The second kappa shape index (κ2) is 12.0. The molecule has 41 heavy (non-hydrogen) atoms. The predicted octanol–water partition coefficient (Wildman–Crippen LogP) is 6.33. The van der Waals surface area contributed by atoms with E-state index >= 15 is 0 Å². The number of rotatable bonds is 8. The Bertz CT molecular complexity index is 1380. The number of fused-ring (bicyclic) bond motifs is 1. The quantitative estimate of drug-likeness (QED) is 0.347. The van der Waals surface area contributed by atoms with Crippen molar-refractivity contribution in [2.45, 2.75) is 51.2 Å². The normalized spacial score (nSPS) is 23.9. The van der Waals surface area contributed by atoms with Crippen LogP contribution in [0.3, 0.4) is 0 Å². The number of benzene rings is 2. The Morgan fingerprint density at radius 2 is 1.76 bits per heavy atom. The van der Waals surface area contributed by atoms with Crippen LogP contribution in [0.4, 0.5) is 0 Å². The lowest BCUT2D eigenvalue weighted by molar-refractivity contribution is -0.141. The van der Waals surface area contributed by atoms with Crippen molar-refractivity contribution in [1.29, 1.82) is 0 Å². The Hall–Kier alpha value is -2.52. The van der Waals surface area contributed by atoms with Crippen molar-refractivity contribution in [3.05, 3.63) is 80.3 Å². The third-order valence-electron chi connectivity index (χ3n) is 8.17. The molecular formula is C31H36Cl2N4O3S. The predicted molar refractivity (Wildman–Crippen MR) is 166 cm³/mol. The fraction of sp³-hybridized carbons (Fsp3) is 0.452. The molecule has 1 saturated heterocycles. The molecule has 1 fully saturated rings. The van der Waals surface area contributed by atoms with Gasteiger partial charge < -0.3 is 19.4 Å². The van der Waals surface area contributed by atoms with Crippen LogP contribution in [0.5, 0.6) is 0 Å². The van der Waals surface area contributed by atoms with Gasteiger partial charge in [0.05, 0.1) is 12.6 Å². The first kappa shape index (κ1) is 30.0. The van der Waals surface area contributed by atoms with Gasteiger partial charge in [-0.2, -0.15) is 0 Å². The molecule has 2 aromatic rings. The topological polar surface area (TPSA) is 65.5 Å². The highest BCUT2D eigenvalue weighted by Gasteiger charge is 2.54. The van der Waals surface area contributed by atoms with E-state index in [1.165, 1.54) is 11.8 Å². The van der Waals surface area contributed by atoms with Crippen molar-refractivity contribution in [2.75, 3.05) is 33.9 Å². The molecule has 0 bridgehead atoms. The van der Waals surface area contributed by atoms with E-state index in [1.807, 2.05) is 48.5 Å². The second-order valence-electron chi connectivity index (χ2n) is 11.3. The van der Waals surface area contributed by atoms with Gasteiger partial charge in [-0.1, -0.05) is 61.3 Å². The number of methoxy groups -OCH3 is 1. The highest BCUT2D eigenvalue weighted by Crippen LogP contribution is 2.56. The summed E-state index contributed by atoms with van der Waals surface area (Å²) in [6.07, 6.45) is 1.45. The standard InChI is InChI=1S/C31H36Cl2N4O3S/c1-19(2)25-26(29(39)36-16-6-7-24(36)28(38)35(4)17-18-40-5)41-30-34-31(3,21-10-14-23(33)15-11-21)27(37(25)30)20-8-12-22(32)13-9-20/h8-15,19,24,27H,6-7,16-18H2,1-5H3/t24-,27+,31-/m0/s1. The molecule has 0 spiro atoms. The highest BCUT2D eigenvalue weighted by molar-refractivity contribution is 8.18. The maximum Gasteiger partial charge on any atom is 0.263 e. The van der Waals surface area contributed by atoms with Gasteiger partial charge in [0.15, 0.2) is 5.17 Å². The van der Waals surface area contributed by atoms with Crippen LogP contribution in [0.25, 0.3) is 0 Å². The Morgan fingerprint density at radius 3 is 2.37 bits per heavy atom. The number of ether oxygens (including phenoxy) is 1. The number of likely N-dealkylation sites (tertiary alicyclic amines) is 1. The molecular weight excluding hydrogens is 579 g/mol. The lowest BCUT2D eigenvalue weighted by Crippen LogP contribution is -2.47. The second-order valence-corrected chi connectivity index (χ2v) is 13.1. The molecule has 3 heterocycles. The maximum absolute atomic E-state index is 14.2. The summed E-state index contributed by atoms with van der Waals surface area (Å²) in [4.78, 5) is 39.2. The number of halogens is 2. The molecule has 0 radical (unpaired) electrons. The molecule has 3 atom stereocenters. The van der Waals surface area contributed by atoms with Gasteiger partial charge in [-0.3, -0.25) is 9.59 Å². The Morgan fingerprint density at radius 1 is 1.12 bits per heavy atom. The van der Waals surface area contributed by atoms with Gasteiger partial charge >= 0.3 is 0 Å². The molecule has 0 unspecified atom stereocenters. The van der Waals surface area contributed by atoms with Crippen LogP contribution in [0.1, 0.15) is 50.8 Å². The van der Waals surface area contributed by atoms with Crippen molar-refractivity contribution < 1.29 is 14.3 Å². The molecule has 0 aliphatic carbocycles. The summed E-state index contributed by atoms with van der Waals surface area (Å²) < 4.78 is 5.15. The summed E-state index contributed by atoms with van der Waals surface area (Å²) in [7, 11) is 3.38. The lowest BCUT2D eigenvalue weighted by Gasteiger charge is -2.37. The first-order valence-electron chi connectivity index (χ1n) is 13.9. The molecule has 0 aromatic heterocycles. The van der Waals surface area contributed by atoms with Crippen LogP contribution in [-0.4, -0.2) is 71.6 Å². The molecule has 0 saturated carbocycles. The molecule has 218 valence electrons. The third kappa shape index (κ3) is 5.52. The summed E-state index contributed by atoms with van der Waals surface area (Å²) in [6, 6.07) is 15.0. The first-order valence-corrected chi connectivity index (χ1v) is 15.5. The molecule has 2 amide bonds. The summed E-state index contributed by atoms with van der Waals surface area (Å²) in [5.41, 5.74) is 2.38. The lowest BCUT2D eigenvalue weighted by atomic mass is 9.81. The van der Waals surface area contributed by atoms with Gasteiger partial charge in [-0.05, 0) is 72.8 Å². The Kier molecular flexibility index (Phi) is 8.76. The zero-order valence-electron chi connectivity index (χ0n) is 24.1. The molecule has 3 aliphatic heterocycles. The van der Waals surface area contributed by atoms with Crippen molar-refractivity contribution in [3.63, 3.8) is 0 Å². The molecule has 3 aliphatic rings. The SMILES string of the molecule is COCCN(C)C(=O)[C@@H]1CCCN1C(=O)C1=C(C(C)C)N2C(=N[C@@](C)(c3ccc(Cl)cc3)[C@H]2c2ccc(Cl)cc2)S1. The Labute approximate surface area is 256 Å². The van der Waals surface area contributed by atoms with Gasteiger partial charge in [0, 0.05) is 43.0 Å². The minimum Gasteiger partial charge on any atom is -0.383 e. The monoisotopic (exact) mass is 614 g/mol. The van der Waals surface area contributed by atoms with Gasteiger partial charge in [-0.15, -0.1) is 0 Å². The van der Waals surface area contributed by atoms with Crippen LogP contribution in [0, 0.1) is 5.92 Å². The molecule has 5 rings (SSSR count). The average molecular weight is 616 g/mol. The average Bonchev–Trinajstić information content (AvgIpc) is 3.64. The van der Waals surface area contributed by atoms with Crippen molar-refractivity contribution in [2.24, 2.45) is 10.9 Å². The van der Waals surface area contributed by atoms with Gasteiger partial charge in [0.1, 0.15) is 16.5 Å². The number of amides is 2. The summed E-state index contributed by atoms with van der Waals surface area (Å²) in [5.74, 6) is -0.109. The van der Waals surface area contributed by atoms with Crippen LogP contribution in [0.15, 0.2) is 64.1 Å². The van der Waals surface area contributed by atoms with E-state index in [0.717, 1.165) is 28.4 Å². The van der Waals surface area contributed by atoms with Gasteiger partial charge in [-0.25, -0.2) is 4.99 Å². The summed E-state index contributed by atoms with van der Waals surface area (Å²) in [6.45, 7) is 7.83. The molecule has 2 aromatic carbocycles. The first-order chi connectivity index (χ1) is 19.6.